The second-order valence-electron chi connectivity index (χ2n) is 5.38. The van der Waals surface area contributed by atoms with Gasteiger partial charge in [0.2, 0.25) is 0 Å². The Kier molecular flexibility index (Phi) is 11.1. The van der Waals surface area contributed by atoms with Crippen molar-refractivity contribution in [1.29, 1.82) is 0 Å². The number of hydrogen-bond donors (Lipinski definition) is 2. The summed E-state index contributed by atoms with van der Waals surface area (Å²) in [6.07, 6.45) is 0. The lowest BCUT2D eigenvalue weighted by Crippen LogP contribution is -2.39. The van der Waals surface area contributed by atoms with Crippen LogP contribution < -0.4 is 10.6 Å². The van der Waals surface area contributed by atoms with E-state index in [0.29, 0.717) is 24.6 Å². The zero-order chi connectivity index (χ0) is 17.0. The number of rotatable bonds is 8. The lowest BCUT2D eigenvalue weighted by molar-refractivity contribution is 0.680. The minimum absolute atomic E-state index is 0. The van der Waals surface area contributed by atoms with E-state index in [1.807, 2.05) is 55.5 Å². The maximum Gasteiger partial charge on any atom is 0.191 e. The Morgan fingerprint density at radius 2 is 1.56 bits per heavy atom. The van der Waals surface area contributed by atoms with Gasteiger partial charge in [-0.05, 0) is 18.1 Å². The van der Waals surface area contributed by atoms with Gasteiger partial charge in [-0.1, -0.05) is 60.7 Å². The van der Waals surface area contributed by atoms with Crippen molar-refractivity contribution in [3.63, 3.8) is 0 Å². The van der Waals surface area contributed by atoms with Crippen LogP contribution in [0.4, 0.5) is 0 Å². The molecule has 0 aromatic heterocycles. The van der Waals surface area contributed by atoms with Gasteiger partial charge in [0.25, 0.3) is 0 Å². The highest BCUT2D eigenvalue weighted by molar-refractivity contribution is 14.0. The molecule has 0 radical (unpaired) electrons. The molecule has 2 rings (SSSR count). The number of guanidine groups is 1. The van der Waals surface area contributed by atoms with Crippen LogP contribution in [-0.2, 0) is 23.1 Å². The molecule has 0 saturated carbocycles. The zero-order valence-corrected chi connectivity index (χ0v) is 17.6. The first-order valence-electron chi connectivity index (χ1n) is 8.23. The van der Waals surface area contributed by atoms with Crippen LogP contribution in [0.3, 0.4) is 0 Å². The van der Waals surface area contributed by atoms with Crippen molar-refractivity contribution in [2.75, 3.05) is 18.8 Å². The highest BCUT2D eigenvalue weighted by atomic mass is 127. The molecule has 0 spiro atoms. The van der Waals surface area contributed by atoms with Crippen LogP contribution in [0.1, 0.15) is 18.1 Å². The second kappa shape index (κ2) is 12.9. The van der Waals surface area contributed by atoms with E-state index < -0.39 is 10.8 Å². The van der Waals surface area contributed by atoms with Crippen molar-refractivity contribution >= 4 is 40.7 Å². The first-order chi connectivity index (χ1) is 11.8. The smallest absolute Gasteiger partial charge is 0.191 e. The van der Waals surface area contributed by atoms with Gasteiger partial charge in [0.05, 0.1) is 6.54 Å². The maximum atomic E-state index is 12.1. The van der Waals surface area contributed by atoms with Gasteiger partial charge < -0.3 is 10.6 Å². The summed E-state index contributed by atoms with van der Waals surface area (Å²) in [7, 11) is -0.877. The number of halogens is 1. The van der Waals surface area contributed by atoms with Crippen molar-refractivity contribution in [2.24, 2.45) is 4.99 Å². The molecule has 0 bridgehead atoms. The lowest BCUT2D eigenvalue weighted by atomic mass is 10.2. The SMILES string of the molecule is CCNC(=NCc1ccccc1)NCCS(=O)Cc1ccccc1.I. The summed E-state index contributed by atoms with van der Waals surface area (Å²) in [5.74, 6) is 1.96. The second-order valence-corrected chi connectivity index (χ2v) is 6.96. The van der Waals surface area contributed by atoms with Crippen molar-refractivity contribution in [1.82, 2.24) is 10.6 Å². The fraction of sp³-hybridized carbons (Fsp3) is 0.316. The molecule has 0 heterocycles. The molecule has 2 N–H and O–H groups in total. The number of hydrogen-bond acceptors (Lipinski definition) is 2. The molecule has 0 aliphatic carbocycles. The summed E-state index contributed by atoms with van der Waals surface area (Å²) in [6, 6.07) is 20.1. The first-order valence-corrected chi connectivity index (χ1v) is 9.71. The predicted molar refractivity (Wildman–Crippen MR) is 118 cm³/mol. The van der Waals surface area contributed by atoms with Gasteiger partial charge in [0, 0.05) is 35.4 Å². The van der Waals surface area contributed by atoms with Crippen molar-refractivity contribution in [2.45, 2.75) is 19.2 Å². The molecular formula is C19H26IN3OS. The Morgan fingerprint density at radius 3 is 2.16 bits per heavy atom. The minimum Gasteiger partial charge on any atom is -0.357 e. The van der Waals surface area contributed by atoms with Crippen LogP contribution in [0, 0.1) is 0 Å². The molecule has 1 unspecified atom stereocenters. The molecule has 0 saturated heterocycles. The van der Waals surface area contributed by atoms with Gasteiger partial charge in [0.15, 0.2) is 5.96 Å². The van der Waals surface area contributed by atoms with E-state index in [4.69, 9.17) is 0 Å². The number of benzene rings is 2. The van der Waals surface area contributed by atoms with E-state index in [1.54, 1.807) is 0 Å². The third-order valence-electron chi connectivity index (χ3n) is 3.40. The van der Waals surface area contributed by atoms with Crippen molar-refractivity contribution < 1.29 is 4.21 Å². The van der Waals surface area contributed by atoms with E-state index in [0.717, 1.165) is 18.1 Å². The largest absolute Gasteiger partial charge is 0.357 e. The summed E-state index contributed by atoms with van der Waals surface area (Å²) in [4.78, 5) is 4.56. The Morgan fingerprint density at radius 1 is 0.960 bits per heavy atom. The fourth-order valence-corrected chi connectivity index (χ4v) is 3.25. The Balaban J connectivity index is 0.00000312. The van der Waals surface area contributed by atoms with Gasteiger partial charge in [-0.3, -0.25) is 4.21 Å². The summed E-state index contributed by atoms with van der Waals surface area (Å²) in [6.45, 7) is 4.10. The maximum absolute atomic E-state index is 12.1. The van der Waals surface area contributed by atoms with Crippen LogP contribution >= 0.6 is 24.0 Å². The quantitative estimate of drug-likeness (QED) is 0.353. The molecule has 1 atom stereocenters. The zero-order valence-electron chi connectivity index (χ0n) is 14.5. The van der Waals surface area contributed by atoms with Crippen LogP contribution in [0.5, 0.6) is 0 Å². The van der Waals surface area contributed by atoms with E-state index in [1.165, 1.54) is 5.56 Å². The Labute approximate surface area is 170 Å². The number of aliphatic imine (C=N–C) groups is 1. The number of nitrogens with zero attached hydrogens (tertiary/aromatic N) is 1. The molecular weight excluding hydrogens is 445 g/mol. The molecule has 0 amide bonds. The molecule has 0 aliphatic heterocycles. The van der Waals surface area contributed by atoms with E-state index in [9.17, 15) is 4.21 Å². The Bertz CT molecular complexity index is 650. The van der Waals surface area contributed by atoms with Crippen LogP contribution in [0.15, 0.2) is 65.7 Å². The van der Waals surface area contributed by atoms with Gasteiger partial charge in [0.1, 0.15) is 0 Å². The molecule has 0 aliphatic rings. The van der Waals surface area contributed by atoms with Crippen molar-refractivity contribution in [3.05, 3.63) is 71.8 Å². The first kappa shape index (κ1) is 21.6. The van der Waals surface area contributed by atoms with Crippen LogP contribution in [0.25, 0.3) is 0 Å². The molecule has 0 fully saturated rings. The lowest BCUT2D eigenvalue weighted by Gasteiger charge is -2.11. The monoisotopic (exact) mass is 471 g/mol. The van der Waals surface area contributed by atoms with Crippen molar-refractivity contribution in [3.8, 4) is 0 Å². The van der Waals surface area contributed by atoms with Gasteiger partial charge in [-0.2, -0.15) is 0 Å². The summed E-state index contributed by atoms with van der Waals surface area (Å²) in [5, 5.41) is 6.47. The molecule has 2 aromatic carbocycles. The summed E-state index contributed by atoms with van der Waals surface area (Å²) >= 11 is 0. The van der Waals surface area contributed by atoms with Gasteiger partial charge in [-0.15, -0.1) is 24.0 Å². The average Bonchev–Trinajstić information content (AvgIpc) is 2.61. The highest BCUT2D eigenvalue weighted by Crippen LogP contribution is 2.02. The van der Waals surface area contributed by atoms with Gasteiger partial charge in [-0.25, -0.2) is 4.99 Å². The standard InChI is InChI=1S/C19H25N3OS.HI/c1-2-20-19(22-15-17-9-5-3-6-10-17)21-13-14-24(23)16-18-11-7-4-8-12-18;/h3-12H,2,13-16H2,1H3,(H2,20,21,22);1H. The van der Waals surface area contributed by atoms with Crippen LogP contribution in [0.2, 0.25) is 0 Å². The van der Waals surface area contributed by atoms with Gasteiger partial charge >= 0.3 is 0 Å². The minimum atomic E-state index is -0.877. The third kappa shape index (κ3) is 9.02. The van der Waals surface area contributed by atoms with Crippen LogP contribution in [-0.4, -0.2) is 29.0 Å². The molecule has 6 heteroatoms. The fourth-order valence-electron chi connectivity index (χ4n) is 2.21. The third-order valence-corrected chi connectivity index (χ3v) is 4.71. The normalized spacial score (nSPS) is 12.1. The van der Waals surface area contributed by atoms with E-state index >= 15 is 0 Å². The Hall–Kier alpha value is -1.41. The predicted octanol–water partition coefficient (Wildman–Crippen LogP) is 3.31. The van der Waals surface area contributed by atoms with E-state index in [2.05, 4.69) is 27.8 Å². The highest BCUT2D eigenvalue weighted by Gasteiger charge is 2.03. The topological polar surface area (TPSA) is 53.5 Å². The molecule has 25 heavy (non-hydrogen) atoms. The molecule has 136 valence electrons. The average molecular weight is 471 g/mol. The molecule has 2 aromatic rings. The molecule has 4 nitrogen and oxygen atoms in total. The number of nitrogens with one attached hydrogen (secondary N) is 2. The van der Waals surface area contributed by atoms with E-state index in [-0.39, 0.29) is 24.0 Å². The summed E-state index contributed by atoms with van der Waals surface area (Å²) in [5.41, 5.74) is 2.28. The summed E-state index contributed by atoms with van der Waals surface area (Å²) < 4.78 is 12.1.